The zero-order valence-corrected chi connectivity index (χ0v) is 16.1. The van der Waals surface area contributed by atoms with Gasteiger partial charge >= 0.3 is 18.3 Å². The number of carbonyl (C=O) groups excluding carboxylic acids is 2. The van der Waals surface area contributed by atoms with Crippen LogP contribution >= 0.6 is 0 Å². The van der Waals surface area contributed by atoms with Gasteiger partial charge in [0.15, 0.2) is 0 Å². The van der Waals surface area contributed by atoms with E-state index in [0.29, 0.717) is 17.7 Å². The van der Waals surface area contributed by atoms with Crippen molar-refractivity contribution in [1.29, 1.82) is 0 Å². The molecule has 0 aliphatic carbocycles. The fourth-order valence-electron chi connectivity index (χ4n) is 2.79. The minimum atomic E-state index is -5.07. The third-order valence-corrected chi connectivity index (χ3v) is 4.33. The van der Waals surface area contributed by atoms with E-state index in [4.69, 9.17) is 10.8 Å². The predicted molar refractivity (Wildman–Crippen MR) is 98.4 cm³/mol. The van der Waals surface area contributed by atoms with Gasteiger partial charge in [0.2, 0.25) is 11.8 Å². The van der Waals surface area contributed by atoms with Crippen molar-refractivity contribution in [2.75, 3.05) is 0 Å². The van der Waals surface area contributed by atoms with Crippen LogP contribution < -0.4 is 11.1 Å². The standard InChI is InChI=1S/C20H16F6N2O4/c21-19(22,23)13-5-11(6-14(9-13)20(24,25)26)8-16(29)28-15(17(27)30)7-10-1-3-12(4-2-10)18(31)32/h1-6,9,15H,7-8H2,(H2,27,30)(H,28,29)(H,31,32)/t15-/m1/s1. The number of carboxylic acid groups (broad SMARTS) is 1. The normalized spacial score (nSPS) is 12.8. The molecule has 0 aliphatic heterocycles. The summed E-state index contributed by atoms with van der Waals surface area (Å²) in [7, 11) is 0. The number of hydrogen-bond acceptors (Lipinski definition) is 3. The van der Waals surface area contributed by atoms with Crippen LogP contribution in [-0.2, 0) is 34.8 Å². The maximum Gasteiger partial charge on any atom is 0.416 e. The fraction of sp³-hybridized carbons (Fsp3) is 0.250. The van der Waals surface area contributed by atoms with E-state index < -0.39 is 59.3 Å². The number of hydrogen-bond donors (Lipinski definition) is 3. The summed E-state index contributed by atoms with van der Waals surface area (Å²) < 4.78 is 77.7. The predicted octanol–water partition coefficient (Wildman–Crippen LogP) is 3.18. The van der Waals surface area contributed by atoms with Crippen molar-refractivity contribution < 1.29 is 45.8 Å². The van der Waals surface area contributed by atoms with Gasteiger partial charge in [0.25, 0.3) is 0 Å². The molecule has 2 aromatic rings. The quantitative estimate of drug-likeness (QED) is 0.549. The Morgan fingerprint density at radius 2 is 1.38 bits per heavy atom. The second kappa shape index (κ2) is 9.28. The van der Waals surface area contributed by atoms with Crippen LogP contribution in [0.3, 0.4) is 0 Å². The molecule has 12 heteroatoms. The topological polar surface area (TPSA) is 109 Å². The van der Waals surface area contributed by atoms with Crippen molar-refractivity contribution >= 4 is 17.8 Å². The molecular weight excluding hydrogens is 446 g/mol. The summed E-state index contributed by atoms with van der Waals surface area (Å²) in [6, 6.07) is 4.68. The summed E-state index contributed by atoms with van der Waals surface area (Å²) >= 11 is 0. The maximum atomic E-state index is 12.9. The lowest BCUT2D eigenvalue weighted by Crippen LogP contribution is -2.46. The number of alkyl halides is 6. The van der Waals surface area contributed by atoms with Crippen molar-refractivity contribution in [3.8, 4) is 0 Å². The van der Waals surface area contributed by atoms with E-state index >= 15 is 0 Å². The lowest BCUT2D eigenvalue weighted by Gasteiger charge is -2.17. The number of nitrogens with one attached hydrogen (secondary N) is 1. The van der Waals surface area contributed by atoms with Crippen LogP contribution in [0.1, 0.15) is 32.6 Å². The van der Waals surface area contributed by atoms with E-state index in [-0.39, 0.29) is 18.1 Å². The first-order valence-electron chi connectivity index (χ1n) is 8.86. The van der Waals surface area contributed by atoms with E-state index in [1.807, 2.05) is 0 Å². The lowest BCUT2D eigenvalue weighted by atomic mass is 10.0. The number of benzene rings is 2. The molecule has 2 aromatic carbocycles. The Labute approximate surface area is 177 Å². The Morgan fingerprint density at radius 1 is 0.875 bits per heavy atom. The van der Waals surface area contributed by atoms with Gasteiger partial charge in [-0.25, -0.2) is 4.79 Å². The molecule has 4 N–H and O–H groups in total. The number of carboxylic acids is 1. The molecule has 0 aromatic heterocycles. The van der Waals surface area contributed by atoms with E-state index in [2.05, 4.69) is 5.32 Å². The van der Waals surface area contributed by atoms with Crippen LogP contribution in [0, 0.1) is 0 Å². The SMILES string of the molecule is NC(=O)[C@@H](Cc1ccc(C(=O)O)cc1)NC(=O)Cc1cc(C(F)(F)F)cc(C(F)(F)F)c1. The second-order valence-electron chi connectivity index (χ2n) is 6.82. The zero-order chi connectivity index (χ0) is 24.3. The molecule has 32 heavy (non-hydrogen) atoms. The number of primary amides is 1. The van der Waals surface area contributed by atoms with Crippen LogP contribution in [0.5, 0.6) is 0 Å². The highest BCUT2D eigenvalue weighted by molar-refractivity contribution is 5.88. The fourth-order valence-corrected chi connectivity index (χ4v) is 2.79. The zero-order valence-electron chi connectivity index (χ0n) is 16.1. The number of nitrogens with two attached hydrogens (primary N) is 1. The third kappa shape index (κ3) is 6.72. The molecule has 0 saturated carbocycles. The van der Waals surface area contributed by atoms with Crippen LogP contribution in [-0.4, -0.2) is 28.9 Å². The highest BCUT2D eigenvalue weighted by Gasteiger charge is 2.37. The maximum absolute atomic E-state index is 12.9. The van der Waals surface area contributed by atoms with Gasteiger partial charge < -0.3 is 16.2 Å². The number of carbonyl (C=O) groups is 3. The largest absolute Gasteiger partial charge is 0.478 e. The molecule has 1 atom stereocenters. The molecular formula is C20H16F6N2O4. The van der Waals surface area contributed by atoms with Crippen molar-refractivity contribution in [3.63, 3.8) is 0 Å². The number of amides is 2. The molecule has 0 aliphatic rings. The summed E-state index contributed by atoms with van der Waals surface area (Å²) in [6.45, 7) is 0. The minimum Gasteiger partial charge on any atom is -0.478 e. The Hall–Kier alpha value is -3.57. The smallest absolute Gasteiger partial charge is 0.416 e. The van der Waals surface area contributed by atoms with E-state index in [0.717, 1.165) is 0 Å². The highest BCUT2D eigenvalue weighted by atomic mass is 19.4. The molecule has 172 valence electrons. The van der Waals surface area contributed by atoms with Gasteiger partial charge in [-0.2, -0.15) is 26.3 Å². The molecule has 0 fully saturated rings. The first kappa shape index (κ1) is 24.7. The average molecular weight is 462 g/mol. The molecule has 0 saturated heterocycles. The second-order valence-corrected chi connectivity index (χ2v) is 6.82. The first-order chi connectivity index (χ1) is 14.7. The van der Waals surface area contributed by atoms with Gasteiger partial charge in [-0.1, -0.05) is 12.1 Å². The van der Waals surface area contributed by atoms with E-state index in [1.54, 1.807) is 0 Å². The van der Waals surface area contributed by atoms with Crippen LogP contribution in [0.2, 0.25) is 0 Å². The Kier molecular flexibility index (Phi) is 7.17. The van der Waals surface area contributed by atoms with Gasteiger partial charge in [-0.15, -0.1) is 0 Å². The monoisotopic (exact) mass is 462 g/mol. The molecule has 0 radical (unpaired) electrons. The Morgan fingerprint density at radius 3 is 1.78 bits per heavy atom. The van der Waals surface area contributed by atoms with E-state index in [1.165, 1.54) is 24.3 Å². The van der Waals surface area contributed by atoms with Crippen LogP contribution in [0.15, 0.2) is 42.5 Å². The number of halogens is 6. The third-order valence-electron chi connectivity index (χ3n) is 4.33. The van der Waals surface area contributed by atoms with Crippen molar-refractivity contribution in [3.05, 3.63) is 70.3 Å². The van der Waals surface area contributed by atoms with E-state index in [9.17, 15) is 40.7 Å². The molecule has 0 spiro atoms. The molecule has 2 rings (SSSR count). The van der Waals surface area contributed by atoms with Gasteiger partial charge in [0.05, 0.1) is 23.1 Å². The van der Waals surface area contributed by atoms with Crippen molar-refractivity contribution in [1.82, 2.24) is 5.32 Å². The first-order valence-corrected chi connectivity index (χ1v) is 8.86. The van der Waals surface area contributed by atoms with Crippen molar-refractivity contribution in [2.45, 2.75) is 31.2 Å². The van der Waals surface area contributed by atoms with Crippen molar-refractivity contribution in [2.24, 2.45) is 5.73 Å². The molecule has 0 bridgehead atoms. The molecule has 0 unspecified atom stereocenters. The van der Waals surface area contributed by atoms with Gasteiger partial charge in [0, 0.05) is 6.42 Å². The highest BCUT2D eigenvalue weighted by Crippen LogP contribution is 2.36. The lowest BCUT2D eigenvalue weighted by molar-refractivity contribution is -0.143. The van der Waals surface area contributed by atoms with Gasteiger partial charge in [-0.3, -0.25) is 9.59 Å². The molecule has 6 nitrogen and oxygen atoms in total. The number of aromatic carboxylic acids is 1. The van der Waals surface area contributed by atoms with Gasteiger partial charge in [-0.05, 0) is 41.5 Å². The molecule has 0 heterocycles. The minimum absolute atomic E-state index is 0.0292. The van der Waals surface area contributed by atoms with Crippen LogP contribution in [0.4, 0.5) is 26.3 Å². The Balaban J connectivity index is 2.19. The summed E-state index contributed by atoms with van der Waals surface area (Å²) in [5.41, 5.74) is 1.91. The average Bonchev–Trinajstić information content (AvgIpc) is 2.66. The summed E-state index contributed by atoms with van der Waals surface area (Å²) in [5.74, 6) is -3.21. The Bertz CT molecular complexity index is 984. The summed E-state index contributed by atoms with van der Waals surface area (Å²) in [5, 5.41) is 11.0. The molecule has 2 amide bonds. The van der Waals surface area contributed by atoms with Crippen LogP contribution in [0.25, 0.3) is 0 Å². The number of rotatable bonds is 7. The summed E-state index contributed by atoms with van der Waals surface area (Å²) in [4.78, 5) is 34.7. The van der Waals surface area contributed by atoms with Gasteiger partial charge in [0.1, 0.15) is 6.04 Å². The summed E-state index contributed by atoms with van der Waals surface area (Å²) in [6.07, 6.45) is -11.2.